The lowest BCUT2D eigenvalue weighted by molar-refractivity contribution is 0.601. The molecule has 0 spiro atoms. The molecular weight excluding hydrogens is 316 g/mol. The number of hydrogen-bond acceptors (Lipinski definition) is 6. The number of benzene rings is 1. The minimum atomic E-state index is -3.95. The SMILES string of the molecule is Nc1[nH]ncc1S(=O)(=O)Nc1nc2ccccc2nc1Cl. The monoisotopic (exact) mass is 324 g/mol. The predicted octanol–water partition coefficient (Wildman–Crippen LogP) is 1.39. The lowest BCUT2D eigenvalue weighted by Gasteiger charge is -2.08. The molecular formula is C11H9ClN6O2S. The summed E-state index contributed by atoms with van der Waals surface area (Å²) in [6.07, 6.45) is 1.10. The smallest absolute Gasteiger partial charge is 0.268 e. The average Bonchev–Trinajstić information content (AvgIpc) is 2.86. The standard InChI is InChI=1S/C11H9ClN6O2S/c12-9-11(16-7-4-2-1-3-6(7)15-9)18-21(19,20)8-5-14-17-10(8)13/h1-5H,(H,16,18)(H3,13,14,17). The Kier molecular flexibility index (Phi) is 3.15. The zero-order valence-electron chi connectivity index (χ0n) is 10.4. The van der Waals surface area contributed by atoms with Crippen LogP contribution in [0.15, 0.2) is 35.4 Å². The van der Waals surface area contributed by atoms with Crippen LogP contribution in [-0.4, -0.2) is 28.6 Å². The summed E-state index contributed by atoms with van der Waals surface area (Å²) in [4.78, 5) is 8.04. The highest BCUT2D eigenvalue weighted by molar-refractivity contribution is 7.92. The summed E-state index contributed by atoms with van der Waals surface area (Å²) in [7, 11) is -3.95. The second-order valence-electron chi connectivity index (χ2n) is 4.11. The van der Waals surface area contributed by atoms with E-state index in [9.17, 15) is 8.42 Å². The molecule has 3 rings (SSSR count). The number of H-pyrrole nitrogens is 1. The summed E-state index contributed by atoms with van der Waals surface area (Å²) in [6, 6.07) is 6.96. The number of para-hydroxylation sites is 2. The van der Waals surface area contributed by atoms with Crippen LogP contribution in [0.1, 0.15) is 0 Å². The van der Waals surface area contributed by atoms with Crippen molar-refractivity contribution in [1.82, 2.24) is 20.2 Å². The normalized spacial score (nSPS) is 11.7. The average molecular weight is 325 g/mol. The number of anilines is 2. The van der Waals surface area contributed by atoms with E-state index in [1.807, 2.05) is 0 Å². The van der Waals surface area contributed by atoms with E-state index in [-0.39, 0.29) is 21.7 Å². The number of nitrogens with two attached hydrogens (primary N) is 1. The number of nitrogen functional groups attached to an aromatic ring is 1. The van der Waals surface area contributed by atoms with Crippen LogP contribution in [0, 0.1) is 0 Å². The molecule has 4 N–H and O–H groups in total. The summed E-state index contributed by atoms with van der Waals surface area (Å²) >= 11 is 5.96. The van der Waals surface area contributed by atoms with Crippen molar-refractivity contribution >= 4 is 44.3 Å². The van der Waals surface area contributed by atoms with E-state index in [0.29, 0.717) is 11.0 Å². The van der Waals surface area contributed by atoms with Gasteiger partial charge < -0.3 is 5.73 Å². The van der Waals surface area contributed by atoms with Crippen LogP contribution in [0.2, 0.25) is 5.15 Å². The second-order valence-corrected chi connectivity index (χ2v) is 6.11. The molecule has 0 aliphatic rings. The second kappa shape index (κ2) is 4.86. The molecule has 0 saturated heterocycles. The summed E-state index contributed by atoms with van der Waals surface area (Å²) in [5.74, 6) is -0.150. The van der Waals surface area contributed by atoms with E-state index in [1.54, 1.807) is 24.3 Å². The quantitative estimate of drug-likeness (QED) is 0.668. The Morgan fingerprint density at radius 1 is 1.19 bits per heavy atom. The summed E-state index contributed by atoms with van der Waals surface area (Å²) in [5, 5.41) is 5.85. The Labute approximate surface area is 124 Å². The largest absolute Gasteiger partial charge is 0.383 e. The molecule has 0 fully saturated rings. The van der Waals surface area contributed by atoms with Gasteiger partial charge in [-0.15, -0.1) is 0 Å². The lowest BCUT2D eigenvalue weighted by atomic mass is 10.3. The van der Waals surface area contributed by atoms with Gasteiger partial charge in [0.2, 0.25) is 0 Å². The first-order valence-corrected chi connectivity index (χ1v) is 7.57. The Morgan fingerprint density at radius 3 is 2.48 bits per heavy atom. The van der Waals surface area contributed by atoms with Crippen LogP contribution in [0.25, 0.3) is 11.0 Å². The number of nitrogens with zero attached hydrogens (tertiary/aromatic N) is 3. The summed E-state index contributed by atoms with van der Waals surface area (Å²) < 4.78 is 26.6. The van der Waals surface area contributed by atoms with Gasteiger partial charge in [0.15, 0.2) is 11.0 Å². The highest BCUT2D eigenvalue weighted by Gasteiger charge is 2.22. The Balaban J connectivity index is 2.06. The summed E-state index contributed by atoms with van der Waals surface area (Å²) in [6.45, 7) is 0. The molecule has 2 heterocycles. The molecule has 3 aromatic rings. The molecule has 0 aliphatic carbocycles. The van der Waals surface area contributed by atoms with Crippen LogP contribution < -0.4 is 10.5 Å². The number of aromatic nitrogens is 4. The molecule has 0 atom stereocenters. The van der Waals surface area contributed by atoms with Gasteiger partial charge in [-0.25, -0.2) is 18.4 Å². The van der Waals surface area contributed by atoms with E-state index in [2.05, 4.69) is 24.9 Å². The Hall–Kier alpha value is -2.39. The molecule has 0 saturated carbocycles. The van der Waals surface area contributed by atoms with Crippen LogP contribution in [0.4, 0.5) is 11.6 Å². The van der Waals surface area contributed by atoms with Crippen LogP contribution in [0.5, 0.6) is 0 Å². The van der Waals surface area contributed by atoms with Gasteiger partial charge in [-0.1, -0.05) is 23.7 Å². The first-order valence-electron chi connectivity index (χ1n) is 5.71. The van der Waals surface area contributed by atoms with Crippen LogP contribution in [-0.2, 0) is 10.0 Å². The molecule has 21 heavy (non-hydrogen) atoms. The van der Waals surface area contributed by atoms with Crippen LogP contribution >= 0.6 is 11.6 Å². The topological polar surface area (TPSA) is 127 Å². The van der Waals surface area contributed by atoms with Gasteiger partial charge in [0.05, 0.1) is 17.2 Å². The van der Waals surface area contributed by atoms with Gasteiger partial charge in [-0.3, -0.25) is 9.82 Å². The number of halogens is 1. The van der Waals surface area contributed by atoms with Crippen molar-refractivity contribution in [2.24, 2.45) is 0 Å². The van der Waals surface area contributed by atoms with Crippen molar-refractivity contribution in [2.45, 2.75) is 4.90 Å². The van der Waals surface area contributed by atoms with Gasteiger partial charge in [0.1, 0.15) is 10.7 Å². The maximum Gasteiger partial charge on any atom is 0.268 e. The third-order valence-corrected chi connectivity index (χ3v) is 4.31. The molecule has 0 unspecified atom stereocenters. The zero-order valence-corrected chi connectivity index (χ0v) is 12.0. The van der Waals surface area contributed by atoms with Crippen molar-refractivity contribution in [3.8, 4) is 0 Å². The van der Waals surface area contributed by atoms with Crippen molar-refractivity contribution in [3.05, 3.63) is 35.6 Å². The van der Waals surface area contributed by atoms with E-state index >= 15 is 0 Å². The minimum absolute atomic E-state index is 0.0562. The molecule has 1 aromatic carbocycles. The molecule has 0 radical (unpaired) electrons. The van der Waals surface area contributed by atoms with Gasteiger partial charge in [-0.05, 0) is 12.1 Å². The van der Waals surface area contributed by atoms with Crippen molar-refractivity contribution in [2.75, 3.05) is 10.5 Å². The van der Waals surface area contributed by atoms with E-state index < -0.39 is 10.0 Å². The van der Waals surface area contributed by atoms with Gasteiger partial charge in [0, 0.05) is 0 Å². The van der Waals surface area contributed by atoms with Gasteiger partial charge in [-0.2, -0.15) is 5.10 Å². The fourth-order valence-electron chi connectivity index (χ4n) is 1.72. The molecule has 0 bridgehead atoms. The fourth-order valence-corrected chi connectivity index (χ4v) is 2.99. The van der Waals surface area contributed by atoms with Gasteiger partial charge in [0.25, 0.3) is 10.0 Å². The van der Waals surface area contributed by atoms with Gasteiger partial charge >= 0.3 is 0 Å². The number of aromatic amines is 1. The Morgan fingerprint density at radius 2 is 1.86 bits per heavy atom. The lowest BCUT2D eigenvalue weighted by Crippen LogP contribution is -2.15. The maximum atomic E-state index is 12.2. The third-order valence-electron chi connectivity index (χ3n) is 2.68. The van der Waals surface area contributed by atoms with E-state index in [1.165, 1.54) is 0 Å². The summed E-state index contributed by atoms with van der Waals surface area (Å²) in [5.41, 5.74) is 6.58. The number of hydrogen-bond donors (Lipinski definition) is 3. The van der Waals surface area contributed by atoms with Crippen LogP contribution in [0.3, 0.4) is 0 Å². The number of nitrogens with one attached hydrogen (secondary N) is 2. The van der Waals surface area contributed by atoms with Crippen molar-refractivity contribution < 1.29 is 8.42 Å². The molecule has 108 valence electrons. The van der Waals surface area contributed by atoms with E-state index in [4.69, 9.17) is 17.3 Å². The molecule has 8 nitrogen and oxygen atoms in total. The number of fused-ring (bicyclic) bond motifs is 1. The molecule has 0 amide bonds. The number of sulfonamides is 1. The third kappa shape index (κ3) is 2.48. The number of rotatable bonds is 3. The maximum absolute atomic E-state index is 12.2. The molecule has 2 aromatic heterocycles. The van der Waals surface area contributed by atoms with Crippen molar-refractivity contribution in [3.63, 3.8) is 0 Å². The molecule has 10 heteroatoms. The first-order chi connectivity index (χ1) is 9.97. The fraction of sp³-hybridized carbons (Fsp3) is 0. The zero-order chi connectivity index (χ0) is 15.0. The minimum Gasteiger partial charge on any atom is -0.383 e. The van der Waals surface area contributed by atoms with E-state index in [0.717, 1.165) is 6.20 Å². The highest BCUT2D eigenvalue weighted by Crippen LogP contribution is 2.24. The predicted molar refractivity (Wildman–Crippen MR) is 78.4 cm³/mol. The van der Waals surface area contributed by atoms with Crippen molar-refractivity contribution in [1.29, 1.82) is 0 Å². The highest BCUT2D eigenvalue weighted by atomic mass is 35.5. The molecule has 0 aliphatic heterocycles. The first kappa shape index (κ1) is 13.6. The Bertz CT molecular complexity index is 923.